The third-order valence-electron chi connectivity index (χ3n) is 4.93. The fourth-order valence-electron chi connectivity index (χ4n) is 3.45. The molecule has 1 aliphatic rings. The maximum absolute atomic E-state index is 13.2. The number of carbonyl (C=O) groups excluding carboxylic acids is 1. The van der Waals surface area contributed by atoms with Gasteiger partial charge in [0.2, 0.25) is 15.9 Å². The highest BCUT2D eigenvalue weighted by molar-refractivity contribution is 7.89. The second kappa shape index (κ2) is 8.59. The highest BCUT2D eigenvalue weighted by atomic mass is 32.2. The second-order valence-corrected chi connectivity index (χ2v) is 8.86. The van der Waals surface area contributed by atoms with Gasteiger partial charge in [-0.15, -0.1) is 6.42 Å². The first kappa shape index (κ1) is 20.1. The van der Waals surface area contributed by atoms with E-state index in [0.717, 1.165) is 11.1 Å². The Morgan fingerprint density at radius 1 is 1.18 bits per heavy atom. The normalized spacial score (nSPS) is 17.2. The summed E-state index contributed by atoms with van der Waals surface area (Å²) in [6.07, 6.45) is 6.63. The predicted molar refractivity (Wildman–Crippen MR) is 109 cm³/mol. The number of sulfonamides is 1. The Morgan fingerprint density at radius 3 is 2.50 bits per heavy atom. The van der Waals surface area contributed by atoms with E-state index in [1.165, 1.54) is 4.31 Å². The molecule has 1 saturated heterocycles. The number of rotatable bonds is 6. The molecule has 2 aromatic carbocycles. The number of nitrogens with zero attached hydrogens (tertiary/aromatic N) is 2. The molecule has 0 N–H and O–H groups in total. The molecular formula is C22H24N2O3S. The lowest BCUT2D eigenvalue weighted by atomic mass is 10.1. The van der Waals surface area contributed by atoms with Crippen LogP contribution in [0, 0.1) is 19.3 Å². The Labute approximate surface area is 167 Å². The molecule has 28 heavy (non-hydrogen) atoms. The van der Waals surface area contributed by atoms with Crippen molar-refractivity contribution in [1.82, 2.24) is 9.21 Å². The summed E-state index contributed by atoms with van der Waals surface area (Å²) in [5.74, 6) is 2.29. The highest BCUT2D eigenvalue weighted by Gasteiger charge is 2.41. The molecule has 3 rings (SSSR count). The van der Waals surface area contributed by atoms with Crippen LogP contribution >= 0.6 is 0 Å². The largest absolute Gasteiger partial charge is 0.326 e. The van der Waals surface area contributed by atoms with E-state index in [1.54, 1.807) is 35.2 Å². The van der Waals surface area contributed by atoms with E-state index < -0.39 is 16.1 Å². The van der Waals surface area contributed by atoms with Crippen molar-refractivity contribution in [2.45, 2.75) is 37.2 Å². The molecule has 0 spiro atoms. The lowest BCUT2D eigenvalue weighted by Gasteiger charge is -2.29. The highest BCUT2D eigenvalue weighted by Crippen LogP contribution is 2.27. The van der Waals surface area contributed by atoms with Crippen LogP contribution in [0.15, 0.2) is 59.5 Å². The molecule has 1 atom stereocenters. The number of hydrogen-bond donors (Lipinski definition) is 0. The fraction of sp³-hybridized carbons (Fsp3) is 0.318. The van der Waals surface area contributed by atoms with Gasteiger partial charge in [-0.2, -0.15) is 4.31 Å². The molecule has 1 fully saturated rings. The Hall–Kier alpha value is -2.62. The third kappa shape index (κ3) is 4.27. The standard InChI is InChI=1S/C22H24N2O3S/c1-3-15-23(17-19-13-11-18(2)12-14-19)22(25)21-10-7-16-24(21)28(26,27)20-8-5-4-6-9-20/h1,4-6,8-9,11-14,21H,7,10,15-17H2,2H3. The van der Waals surface area contributed by atoms with Crippen LogP contribution in [0.25, 0.3) is 0 Å². The second-order valence-electron chi connectivity index (χ2n) is 6.97. The summed E-state index contributed by atoms with van der Waals surface area (Å²) in [5, 5.41) is 0. The third-order valence-corrected chi connectivity index (χ3v) is 6.85. The Balaban J connectivity index is 1.83. The maximum atomic E-state index is 13.2. The first-order chi connectivity index (χ1) is 13.4. The monoisotopic (exact) mass is 396 g/mol. The van der Waals surface area contributed by atoms with Crippen LogP contribution in [-0.4, -0.2) is 42.7 Å². The van der Waals surface area contributed by atoms with Crippen molar-refractivity contribution < 1.29 is 13.2 Å². The molecule has 6 heteroatoms. The summed E-state index contributed by atoms with van der Waals surface area (Å²) in [4.78, 5) is 15.0. The van der Waals surface area contributed by atoms with E-state index in [9.17, 15) is 13.2 Å². The van der Waals surface area contributed by atoms with Crippen LogP contribution < -0.4 is 0 Å². The molecule has 5 nitrogen and oxygen atoms in total. The van der Waals surface area contributed by atoms with Gasteiger partial charge in [-0.1, -0.05) is 53.9 Å². The zero-order valence-electron chi connectivity index (χ0n) is 15.9. The fourth-order valence-corrected chi connectivity index (χ4v) is 5.12. The topological polar surface area (TPSA) is 57.7 Å². The molecule has 1 heterocycles. The van der Waals surface area contributed by atoms with E-state index in [1.807, 2.05) is 31.2 Å². The minimum absolute atomic E-state index is 0.141. The van der Waals surface area contributed by atoms with Gasteiger partial charge in [0.05, 0.1) is 11.4 Å². The van der Waals surface area contributed by atoms with E-state index in [2.05, 4.69) is 5.92 Å². The number of hydrogen-bond acceptors (Lipinski definition) is 3. The van der Waals surface area contributed by atoms with Gasteiger partial charge in [0.25, 0.3) is 0 Å². The van der Waals surface area contributed by atoms with Crippen molar-refractivity contribution in [3.05, 3.63) is 65.7 Å². The Kier molecular flexibility index (Phi) is 6.18. The van der Waals surface area contributed by atoms with Gasteiger partial charge in [0.1, 0.15) is 6.04 Å². The minimum Gasteiger partial charge on any atom is -0.326 e. The van der Waals surface area contributed by atoms with Gasteiger partial charge in [0.15, 0.2) is 0 Å². The zero-order valence-corrected chi connectivity index (χ0v) is 16.7. The van der Waals surface area contributed by atoms with Gasteiger partial charge in [-0.05, 0) is 37.5 Å². The quantitative estimate of drug-likeness (QED) is 0.706. The van der Waals surface area contributed by atoms with Crippen molar-refractivity contribution in [1.29, 1.82) is 0 Å². The first-order valence-electron chi connectivity index (χ1n) is 9.28. The molecule has 0 aliphatic carbocycles. The smallest absolute Gasteiger partial charge is 0.243 e. The van der Waals surface area contributed by atoms with Gasteiger partial charge >= 0.3 is 0 Å². The summed E-state index contributed by atoms with van der Waals surface area (Å²) < 4.78 is 27.4. The summed E-state index contributed by atoms with van der Waals surface area (Å²) in [5.41, 5.74) is 2.10. The van der Waals surface area contributed by atoms with Crippen LogP contribution in [0.2, 0.25) is 0 Å². The lowest BCUT2D eigenvalue weighted by Crippen LogP contribution is -2.47. The van der Waals surface area contributed by atoms with Crippen molar-refractivity contribution in [3.63, 3.8) is 0 Å². The maximum Gasteiger partial charge on any atom is 0.243 e. The van der Waals surface area contributed by atoms with E-state index >= 15 is 0 Å². The summed E-state index contributed by atoms with van der Waals surface area (Å²) in [7, 11) is -3.73. The molecule has 0 radical (unpaired) electrons. The number of aryl methyl sites for hydroxylation is 1. The molecule has 0 bridgehead atoms. The average Bonchev–Trinajstić information content (AvgIpc) is 3.20. The van der Waals surface area contributed by atoms with Crippen molar-refractivity contribution in [2.24, 2.45) is 0 Å². The zero-order chi connectivity index (χ0) is 20.1. The van der Waals surface area contributed by atoms with Crippen LogP contribution in [0.4, 0.5) is 0 Å². The van der Waals surface area contributed by atoms with E-state index in [-0.39, 0.29) is 17.3 Å². The van der Waals surface area contributed by atoms with E-state index in [0.29, 0.717) is 25.9 Å². The Morgan fingerprint density at radius 2 is 1.86 bits per heavy atom. The molecule has 1 unspecified atom stereocenters. The SMILES string of the molecule is C#CCN(Cc1ccc(C)cc1)C(=O)C1CCCN1S(=O)(=O)c1ccccc1. The number of benzene rings is 2. The van der Waals surface area contributed by atoms with Gasteiger partial charge < -0.3 is 4.90 Å². The van der Waals surface area contributed by atoms with E-state index in [4.69, 9.17) is 6.42 Å². The van der Waals surface area contributed by atoms with Crippen molar-refractivity contribution in [3.8, 4) is 12.3 Å². The summed E-state index contributed by atoms with van der Waals surface area (Å²) in [6, 6.07) is 15.4. The summed E-state index contributed by atoms with van der Waals surface area (Å²) in [6.45, 7) is 2.84. The molecular weight excluding hydrogens is 372 g/mol. The predicted octanol–water partition coefficient (Wildman–Crippen LogP) is 2.81. The molecule has 146 valence electrons. The number of terminal acetylenes is 1. The molecule has 1 amide bonds. The van der Waals surface area contributed by atoms with Crippen LogP contribution in [0.3, 0.4) is 0 Å². The molecule has 1 aliphatic heterocycles. The van der Waals surface area contributed by atoms with Crippen molar-refractivity contribution >= 4 is 15.9 Å². The van der Waals surface area contributed by atoms with Gasteiger partial charge in [-0.25, -0.2) is 8.42 Å². The molecule has 0 aromatic heterocycles. The van der Waals surface area contributed by atoms with Crippen LogP contribution in [0.5, 0.6) is 0 Å². The number of amides is 1. The first-order valence-corrected chi connectivity index (χ1v) is 10.7. The van der Waals surface area contributed by atoms with Crippen molar-refractivity contribution in [2.75, 3.05) is 13.1 Å². The van der Waals surface area contributed by atoms with Crippen LogP contribution in [-0.2, 0) is 21.4 Å². The van der Waals surface area contributed by atoms with Gasteiger partial charge in [0, 0.05) is 13.1 Å². The minimum atomic E-state index is -3.73. The van der Waals surface area contributed by atoms with Gasteiger partial charge in [-0.3, -0.25) is 4.79 Å². The van der Waals surface area contributed by atoms with Crippen LogP contribution in [0.1, 0.15) is 24.0 Å². The number of carbonyl (C=O) groups is 1. The Bertz CT molecular complexity index is 963. The lowest BCUT2D eigenvalue weighted by molar-refractivity contribution is -0.134. The summed E-state index contributed by atoms with van der Waals surface area (Å²) >= 11 is 0. The average molecular weight is 397 g/mol. The molecule has 0 saturated carbocycles. The molecule has 2 aromatic rings.